The van der Waals surface area contributed by atoms with E-state index in [9.17, 15) is 15.3 Å². The number of nitrogens with one attached hydrogen (secondary N) is 2. The summed E-state index contributed by atoms with van der Waals surface area (Å²) in [6, 6.07) is 21.5. The lowest BCUT2D eigenvalue weighted by Crippen LogP contribution is -3.10. The minimum Gasteiger partial charge on any atom is -0.504 e. The Morgan fingerprint density at radius 3 is 1.64 bits per heavy atom. The molecule has 2 aliphatic heterocycles. The number of phenolic OH excluding ortho intramolecular Hbond substituents is 3. The number of benzene rings is 4. The highest BCUT2D eigenvalue weighted by Gasteiger charge is 2.31. The van der Waals surface area contributed by atoms with Crippen molar-refractivity contribution in [1.29, 1.82) is 0 Å². The van der Waals surface area contributed by atoms with E-state index in [4.69, 9.17) is 14.2 Å². The Hall–Kier alpha value is -4.40. The van der Waals surface area contributed by atoms with Crippen LogP contribution in [0.2, 0.25) is 0 Å². The van der Waals surface area contributed by atoms with Gasteiger partial charge in [-0.3, -0.25) is 0 Å². The Morgan fingerprint density at radius 1 is 0.614 bits per heavy atom. The van der Waals surface area contributed by atoms with E-state index in [1.54, 1.807) is 20.3 Å². The molecule has 0 bridgehead atoms. The molecule has 6 rings (SSSR count). The fourth-order valence-corrected chi connectivity index (χ4v) is 6.83. The summed E-state index contributed by atoms with van der Waals surface area (Å²) in [5, 5.41) is 31.6. The molecule has 2 aliphatic rings. The van der Waals surface area contributed by atoms with Crippen LogP contribution in [0.4, 0.5) is 0 Å². The van der Waals surface area contributed by atoms with Gasteiger partial charge >= 0.3 is 0 Å². The van der Waals surface area contributed by atoms with Crippen molar-refractivity contribution in [1.82, 2.24) is 0 Å². The first kappa shape index (κ1) is 29.7. The third kappa shape index (κ3) is 5.87. The van der Waals surface area contributed by atoms with Crippen molar-refractivity contribution < 1.29 is 39.3 Å². The summed E-state index contributed by atoms with van der Waals surface area (Å²) < 4.78 is 16.9. The van der Waals surface area contributed by atoms with Gasteiger partial charge in [-0.15, -0.1) is 0 Å². The highest BCUT2D eigenvalue weighted by Crippen LogP contribution is 2.37. The maximum Gasteiger partial charge on any atom is 0.169 e. The number of hydrogen-bond donors (Lipinski definition) is 5. The van der Waals surface area contributed by atoms with E-state index < -0.39 is 0 Å². The number of phenols is 3. The number of fused-ring (bicyclic) bond motifs is 2. The van der Waals surface area contributed by atoms with Gasteiger partial charge in [-0.1, -0.05) is 18.2 Å². The molecule has 44 heavy (non-hydrogen) atoms. The van der Waals surface area contributed by atoms with Crippen LogP contribution >= 0.6 is 0 Å². The molecule has 4 aromatic rings. The maximum absolute atomic E-state index is 10.6. The molecular weight excluding hydrogens is 556 g/mol. The van der Waals surface area contributed by atoms with Crippen molar-refractivity contribution >= 4 is 0 Å². The molecule has 0 aromatic heterocycles. The molecule has 0 saturated heterocycles. The lowest BCUT2D eigenvalue weighted by atomic mass is 9.88. The maximum atomic E-state index is 10.6. The first-order valence-electron chi connectivity index (χ1n) is 15.3. The summed E-state index contributed by atoms with van der Waals surface area (Å²) >= 11 is 0. The fraction of sp³-hybridized carbons (Fsp3) is 0.333. The van der Waals surface area contributed by atoms with Crippen LogP contribution in [0.1, 0.15) is 45.5 Å². The number of rotatable bonds is 8. The van der Waals surface area contributed by atoms with Gasteiger partial charge in [-0.05, 0) is 70.8 Å². The third-order valence-electron chi connectivity index (χ3n) is 9.45. The standard InChI is InChI=1S/C36H40N2O6/c1-37-13-11-24-18-34(42-3)32(40)20-27(24)29(37)15-22-5-8-26(9-6-22)44-36-17-23(7-10-31(36)39)16-30-28-21-33(41)35(43-4)19-25(28)12-14-38(30)2/h5-10,17-21,29-30,39-41H,11-16H2,1-4H3/p+2/t29-,30+/m0/s1. The summed E-state index contributed by atoms with van der Waals surface area (Å²) in [6.07, 6.45) is 3.44. The lowest BCUT2D eigenvalue weighted by Gasteiger charge is -2.32. The minimum absolute atomic E-state index is 0.0872. The lowest BCUT2D eigenvalue weighted by molar-refractivity contribution is -0.914. The first-order valence-corrected chi connectivity index (χ1v) is 15.3. The second kappa shape index (κ2) is 12.3. The van der Waals surface area contributed by atoms with E-state index in [1.807, 2.05) is 48.5 Å². The molecule has 2 unspecified atom stereocenters. The van der Waals surface area contributed by atoms with Crippen LogP contribution in [0.3, 0.4) is 0 Å². The zero-order valence-corrected chi connectivity index (χ0v) is 25.8. The molecule has 8 nitrogen and oxygen atoms in total. The van der Waals surface area contributed by atoms with Crippen molar-refractivity contribution in [2.45, 2.75) is 37.8 Å². The number of ether oxygens (including phenoxy) is 3. The number of aromatic hydroxyl groups is 3. The zero-order chi connectivity index (χ0) is 31.0. The van der Waals surface area contributed by atoms with Crippen LogP contribution in [0.25, 0.3) is 0 Å². The average molecular weight is 599 g/mol. The summed E-state index contributed by atoms with van der Waals surface area (Å²) in [5.41, 5.74) is 6.93. The van der Waals surface area contributed by atoms with Crippen LogP contribution in [0, 0.1) is 0 Å². The second-order valence-electron chi connectivity index (χ2n) is 12.2. The van der Waals surface area contributed by atoms with Crippen molar-refractivity contribution in [2.24, 2.45) is 0 Å². The van der Waals surface area contributed by atoms with E-state index in [2.05, 4.69) is 26.2 Å². The molecular formula is C36H42N2O6+2. The van der Waals surface area contributed by atoms with Crippen LogP contribution in [-0.4, -0.2) is 56.7 Å². The predicted octanol–water partition coefficient (Wildman–Crippen LogP) is 3.32. The van der Waals surface area contributed by atoms with Gasteiger partial charge in [0.25, 0.3) is 0 Å². The average Bonchev–Trinajstić information content (AvgIpc) is 3.02. The third-order valence-corrected chi connectivity index (χ3v) is 9.45. The zero-order valence-electron chi connectivity index (χ0n) is 25.8. The van der Waals surface area contributed by atoms with E-state index in [-0.39, 0.29) is 29.3 Å². The second-order valence-corrected chi connectivity index (χ2v) is 12.2. The van der Waals surface area contributed by atoms with Crippen molar-refractivity contribution in [3.63, 3.8) is 0 Å². The highest BCUT2D eigenvalue weighted by molar-refractivity contribution is 5.50. The van der Waals surface area contributed by atoms with Crippen molar-refractivity contribution in [3.05, 3.63) is 100 Å². The van der Waals surface area contributed by atoms with Gasteiger partial charge in [0.1, 0.15) is 17.8 Å². The van der Waals surface area contributed by atoms with Gasteiger partial charge < -0.3 is 39.3 Å². The first-order chi connectivity index (χ1) is 21.2. The topological polar surface area (TPSA) is 97.3 Å². The molecule has 230 valence electrons. The quantitative estimate of drug-likeness (QED) is 0.214. The Labute approximate surface area is 258 Å². The number of quaternary nitrogens is 2. The van der Waals surface area contributed by atoms with Gasteiger partial charge in [-0.2, -0.15) is 0 Å². The molecule has 8 heteroatoms. The highest BCUT2D eigenvalue weighted by atomic mass is 16.5. The van der Waals surface area contributed by atoms with E-state index in [0.29, 0.717) is 23.0 Å². The number of methoxy groups -OCH3 is 2. The molecule has 0 fully saturated rings. The Bertz CT molecular complexity index is 1650. The fourth-order valence-electron chi connectivity index (χ4n) is 6.83. The van der Waals surface area contributed by atoms with Crippen LogP contribution < -0.4 is 24.0 Å². The minimum atomic E-state index is 0.0872. The molecule has 4 aromatic carbocycles. The SMILES string of the molecule is COc1cc2c(cc1O)[C@@H](Cc1ccc(O)c(Oc3ccc(C[C@H]4c5cc(O)c(OC)cc5CC[NH+]4C)cc3)c1)[NH+](C)CC2. The summed E-state index contributed by atoms with van der Waals surface area (Å²) in [4.78, 5) is 2.78. The predicted molar refractivity (Wildman–Crippen MR) is 168 cm³/mol. The van der Waals surface area contributed by atoms with Gasteiger partial charge in [0.15, 0.2) is 34.5 Å². The van der Waals surface area contributed by atoms with Gasteiger partial charge in [0.2, 0.25) is 0 Å². The van der Waals surface area contributed by atoms with Crippen LogP contribution in [0.15, 0.2) is 66.7 Å². The molecule has 2 heterocycles. The van der Waals surface area contributed by atoms with E-state index in [0.717, 1.165) is 55.5 Å². The molecule has 0 radical (unpaired) electrons. The summed E-state index contributed by atoms with van der Waals surface area (Å²) in [7, 11) is 7.54. The Balaban J connectivity index is 1.17. The Morgan fingerprint density at radius 2 is 1.11 bits per heavy atom. The van der Waals surface area contributed by atoms with E-state index >= 15 is 0 Å². The number of likely N-dealkylation sites (N-methyl/N-ethyl adjacent to an activating group) is 2. The molecule has 0 spiro atoms. The van der Waals surface area contributed by atoms with Crippen molar-refractivity contribution in [2.75, 3.05) is 41.4 Å². The van der Waals surface area contributed by atoms with Gasteiger partial charge in [0, 0.05) is 36.8 Å². The Kier molecular flexibility index (Phi) is 8.29. The monoisotopic (exact) mass is 598 g/mol. The van der Waals surface area contributed by atoms with Crippen LogP contribution in [-0.2, 0) is 25.7 Å². The molecule has 4 atom stereocenters. The largest absolute Gasteiger partial charge is 0.504 e. The summed E-state index contributed by atoms with van der Waals surface area (Å²) in [6.45, 7) is 2.00. The van der Waals surface area contributed by atoms with E-state index in [1.165, 1.54) is 26.5 Å². The van der Waals surface area contributed by atoms with Gasteiger partial charge in [0.05, 0.1) is 41.4 Å². The molecule has 5 N–H and O–H groups in total. The smallest absolute Gasteiger partial charge is 0.169 e. The number of hydrogen-bond acceptors (Lipinski definition) is 6. The van der Waals surface area contributed by atoms with Crippen LogP contribution in [0.5, 0.6) is 40.2 Å². The molecule has 0 amide bonds. The normalized spacial score (nSPS) is 20.8. The van der Waals surface area contributed by atoms with Gasteiger partial charge in [-0.25, -0.2) is 0 Å². The molecule has 0 saturated carbocycles. The van der Waals surface area contributed by atoms with Crippen molar-refractivity contribution in [3.8, 4) is 40.2 Å². The summed E-state index contributed by atoms with van der Waals surface area (Å²) in [5.74, 6) is 2.51. The molecule has 0 aliphatic carbocycles.